The molecule has 0 radical (unpaired) electrons. The Balaban J connectivity index is 2.46. The van der Waals surface area contributed by atoms with Crippen LogP contribution in [0.4, 0.5) is 0 Å². The smallest absolute Gasteiger partial charge is 0.222 e. The number of carbonyl (C=O) groups is 1. The Morgan fingerprint density at radius 2 is 2.00 bits per heavy atom. The Kier molecular flexibility index (Phi) is 5.34. The third-order valence-corrected chi connectivity index (χ3v) is 4.24. The minimum atomic E-state index is -0.0999. The molecule has 1 aromatic rings. The number of amides is 1. The zero-order chi connectivity index (χ0) is 17.0. The van der Waals surface area contributed by atoms with Gasteiger partial charge in [0, 0.05) is 25.1 Å². The molecule has 1 saturated heterocycles. The minimum absolute atomic E-state index is 0.0999. The van der Waals surface area contributed by atoms with Crippen LogP contribution in [0.15, 0.2) is 29.8 Å². The standard InChI is InChI=1S/C19H27NO3/c1-19(2,3)16(13-20-11-7-10-17(20)21)18(23-5)14-8-6-9-15(12-14)22-4/h6,8-9,12H,7,10-11,13H2,1-5H3/b18-16-. The molecule has 0 bridgehead atoms. The Hall–Kier alpha value is -1.97. The fourth-order valence-electron chi connectivity index (χ4n) is 2.89. The van der Waals surface area contributed by atoms with Gasteiger partial charge >= 0.3 is 0 Å². The van der Waals surface area contributed by atoms with E-state index in [1.165, 1.54) is 0 Å². The number of nitrogens with zero attached hydrogens (tertiary/aromatic N) is 1. The highest BCUT2D eigenvalue weighted by Gasteiger charge is 2.29. The van der Waals surface area contributed by atoms with Crippen molar-refractivity contribution in [3.8, 4) is 5.75 Å². The molecule has 1 heterocycles. The summed E-state index contributed by atoms with van der Waals surface area (Å²) in [5.41, 5.74) is 2.00. The molecular weight excluding hydrogens is 290 g/mol. The molecule has 4 heteroatoms. The van der Waals surface area contributed by atoms with Gasteiger partial charge in [-0.1, -0.05) is 32.9 Å². The summed E-state index contributed by atoms with van der Waals surface area (Å²) in [6.07, 6.45) is 1.59. The maximum atomic E-state index is 12.0. The lowest BCUT2D eigenvalue weighted by molar-refractivity contribution is -0.127. The zero-order valence-corrected chi connectivity index (χ0v) is 14.8. The number of methoxy groups -OCH3 is 2. The summed E-state index contributed by atoms with van der Waals surface area (Å²) in [7, 11) is 3.34. The fraction of sp³-hybridized carbons (Fsp3) is 0.526. The third-order valence-electron chi connectivity index (χ3n) is 4.24. The van der Waals surface area contributed by atoms with Crippen molar-refractivity contribution in [1.29, 1.82) is 0 Å². The van der Waals surface area contributed by atoms with Gasteiger partial charge in [-0.3, -0.25) is 4.79 Å². The van der Waals surface area contributed by atoms with Crippen molar-refractivity contribution in [2.45, 2.75) is 33.6 Å². The van der Waals surface area contributed by atoms with Crippen LogP contribution in [0.25, 0.3) is 5.76 Å². The van der Waals surface area contributed by atoms with Crippen molar-refractivity contribution in [3.05, 3.63) is 35.4 Å². The van der Waals surface area contributed by atoms with Crippen LogP contribution in [0.1, 0.15) is 39.2 Å². The van der Waals surface area contributed by atoms with E-state index >= 15 is 0 Å². The second-order valence-corrected chi connectivity index (χ2v) is 6.91. The van der Waals surface area contributed by atoms with E-state index in [2.05, 4.69) is 20.8 Å². The monoisotopic (exact) mass is 317 g/mol. The largest absolute Gasteiger partial charge is 0.497 e. The predicted octanol–water partition coefficient (Wildman–Crippen LogP) is 3.72. The molecule has 2 rings (SSSR count). The lowest BCUT2D eigenvalue weighted by Crippen LogP contribution is -2.31. The molecule has 4 nitrogen and oxygen atoms in total. The molecule has 0 spiro atoms. The lowest BCUT2D eigenvalue weighted by atomic mass is 9.83. The highest BCUT2D eigenvalue weighted by Crippen LogP contribution is 2.35. The Bertz CT molecular complexity index is 599. The van der Waals surface area contributed by atoms with Gasteiger partial charge in [-0.15, -0.1) is 0 Å². The van der Waals surface area contributed by atoms with E-state index < -0.39 is 0 Å². The fourth-order valence-corrected chi connectivity index (χ4v) is 2.89. The van der Waals surface area contributed by atoms with Crippen LogP contribution < -0.4 is 4.74 Å². The first-order valence-electron chi connectivity index (χ1n) is 8.06. The molecule has 1 aliphatic rings. The van der Waals surface area contributed by atoms with Gasteiger partial charge in [-0.25, -0.2) is 0 Å². The quantitative estimate of drug-likeness (QED) is 0.777. The molecule has 0 atom stereocenters. The molecule has 23 heavy (non-hydrogen) atoms. The van der Waals surface area contributed by atoms with Crippen LogP contribution in [0.5, 0.6) is 5.75 Å². The van der Waals surface area contributed by atoms with E-state index in [1.807, 2.05) is 29.2 Å². The summed E-state index contributed by atoms with van der Waals surface area (Å²) in [6, 6.07) is 7.85. The molecule has 126 valence electrons. The second kappa shape index (κ2) is 7.07. The van der Waals surface area contributed by atoms with Crippen molar-refractivity contribution in [3.63, 3.8) is 0 Å². The average molecular weight is 317 g/mol. The maximum absolute atomic E-state index is 12.0. The number of hydrogen-bond donors (Lipinski definition) is 0. The molecule has 0 aromatic heterocycles. The number of rotatable bonds is 5. The number of benzene rings is 1. The summed E-state index contributed by atoms with van der Waals surface area (Å²) in [5, 5.41) is 0. The van der Waals surface area contributed by atoms with E-state index in [0.29, 0.717) is 13.0 Å². The summed E-state index contributed by atoms with van der Waals surface area (Å²) in [4.78, 5) is 14.0. The van der Waals surface area contributed by atoms with Crippen molar-refractivity contribution >= 4 is 11.7 Å². The molecule has 1 aliphatic heterocycles. The Labute approximate surface area is 139 Å². The molecule has 0 N–H and O–H groups in total. The van der Waals surface area contributed by atoms with Gasteiger partial charge in [0.1, 0.15) is 11.5 Å². The summed E-state index contributed by atoms with van der Waals surface area (Å²) in [6.45, 7) is 7.91. The van der Waals surface area contributed by atoms with Crippen LogP contribution in [-0.4, -0.2) is 38.1 Å². The van der Waals surface area contributed by atoms with Gasteiger partial charge in [0.15, 0.2) is 0 Å². The van der Waals surface area contributed by atoms with Gasteiger partial charge in [-0.2, -0.15) is 0 Å². The van der Waals surface area contributed by atoms with E-state index in [-0.39, 0.29) is 11.3 Å². The van der Waals surface area contributed by atoms with E-state index in [4.69, 9.17) is 9.47 Å². The minimum Gasteiger partial charge on any atom is -0.497 e. The van der Waals surface area contributed by atoms with Gasteiger partial charge in [0.25, 0.3) is 0 Å². The van der Waals surface area contributed by atoms with Gasteiger partial charge < -0.3 is 14.4 Å². The van der Waals surface area contributed by atoms with E-state index in [1.54, 1.807) is 14.2 Å². The molecule has 0 saturated carbocycles. The normalized spacial score (nSPS) is 16.4. The van der Waals surface area contributed by atoms with Gasteiger partial charge in [0.2, 0.25) is 5.91 Å². The molecular formula is C19H27NO3. The van der Waals surface area contributed by atoms with Gasteiger partial charge in [-0.05, 0) is 29.5 Å². The number of hydrogen-bond acceptors (Lipinski definition) is 3. The van der Waals surface area contributed by atoms with E-state index in [0.717, 1.165) is 35.6 Å². The third kappa shape index (κ3) is 4.06. The van der Waals surface area contributed by atoms with Crippen LogP contribution in [0.2, 0.25) is 0 Å². The van der Waals surface area contributed by atoms with E-state index in [9.17, 15) is 4.79 Å². The molecule has 0 aliphatic carbocycles. The average Bonchev–Trinajstić information content (AvgIpc) is 2.91. The lowest BCUT2D eigenvalue weighted by Gasteiger charge is -2.30. The number of ether oxygens (including phenoxy) is 2. The summed E-state index contributed by atoms with van der Waals surface area (Å²) in [5.74, 6) is 1.85. The van der Waals surface area contributed by atoms with Crippen molar-refractivity contribution in [2.75, 3.05) is 27.3 Å². The van der Waals surface area contributed by atoms with Crippen molar-refractivity contribution in [2.24, 2.45) is 5.41 Å². The second-order valence-electron chi connectivity index (χ2n) is 6.91. The molecule has 1 fully saturated rings. The van der Waals surface area contributed by atoms with Crippen LogP contribution in [0.3, 0.4) is 0 Å². The molecule has 1 amide bonds. The Morgan fingerprint density at radius 1 is 1.26 bits per heavy atom. The number of carbonyl (C=O) groups excluding carboxylic acids is 1. The zero-order valence-electron chi connectivity index (χ0n) is 14.8. The molecule has 0 unspecified atom stereocenters. The topological polar surface area (TPSA) is 38.8 Å². The summed E-state index contributed by atoms with van der Waals surface area (Å²) >= 11 is 0. The molecule has 1 aromatic carbocycles. The predicted molar refractivity (Wildman–Crippen MR) is 92.2 cm³/mol. The van der Waals surface area contributed by atoms with Crippen LogP contribution in [-0.2, 0) is 9.53 Å². The van der Waals surface area contributed by atoms with Crippen molar-refractivity contribution < 1.29 is 14.3 Å². The number of likely N-dealkylation sites (tertiary alicyclic amines) is 1. The SMILES string of the molecule is CO/C(=C(/CN1CCCC1=O)C(C)(C)C)c1cccc(OC)c1. The summed E-state index contributed by atoms with van der Waals surface area (Å²) < 4.78 is 11.1. The highest BCUT2D eigenvalue weighted by atomic mass is 16.5. The van der Waals surface area contributed by atoms with Crippen molar-refractivity contribution in [1.82, 2.24) is 4.90 Å². The van der Waals surface area contributed by atoms with Gasteiger partial charge in [0.05, 0.1) is 14.2 Å². The van der Waals surface area contributed by atoms with Crippen LogP contribution in [0, 0.1) is 5.41 Å². The first kappa shape index (κ1) is 17.4. The van der Waals surface area contributed by atoms with Crippen LogP contribution >= 0.6 is 0 Å². The highest BCUT2D eigenvalue weighted by molar-refractivity contribution is 5.79. The Morgan fingerprint density at radius 3 is 2.52 bits per heavy atom. The first-order valence-corrected chi connectivity index (χ1v) is 8.06. The maximum Gasteiger partial charge on any atom is 0.222 e. The first-order chi connectivity index (χ1) is 10.9.